The Kier molecular flexibility index (Phi) is 6.61. The summed E-state index contributed by atoms with van der Waals surface area (Å²) in [7, 11) is 2.08. The minimum absolute atomic E-state index is 0.141. The second-order valence-corrected chi connectivity index (χ2v) is 6.15. The van der Waals surface area contributed by atoms with Gasteiger partial charge < -0.3 is 14.9 Å². The first-order chi connectivity index (χ1) is 10.2. The Morgan fingerprint density at radius 1 is 1.33 bits per heavy atom. The molecule has 0 bridgehead atoms. The highest BCUT2D eigenvalue weighted by molar-refractivity contribution is 5.16. The van der Waals surface area contributed by atoms with Crippen LogP contribution in [0.4, 0.5) is 4.39 Å². The molecule has 1 aliphatic rings. The van der Waals surface area contributed by atoms with E-state index < -0.39 is 0 Å². The molecule has 0 aliphatic carbocycles. The van der Waals surface area contributed by atoms with E-state index in [-0.39, 0.29) is 12.4 Å². The zero-order valence-corrected chi connectivity index (χ0v) is 13.0. The fourth-order valence-corrected chi connectivity index (χ4v) is 3.08. The molecule has 0 spiro atoms. The topological polar surface area (TPSA) is 26.7 Å². The first kappa shape index (κ1) is 16.4. The predicted molar refractivity (Wildman–Crippen MR) is 83.9 cm³/mol. The SMILES string of the molecule is CN(CCO)CC1CCN(CCc2cccc(F)c2)CC1. The molecular formula is C17H27FN2O. The van der Waals surface area contributed by atoms with Gasteiger partial charge in [-0.15, -0.1) is 0 Å². The van der Waals surface area contributed by atoms with Crippen molar-refractivity contribution in [2.45, 2.75) is 19.3 Å². The number of aliphatic hydroxyl groups excluding tert-OH is 1. The maximum atomic E-state index is 13.1. The molecule has 1 aromatic rings. The molecular weight excluding hydrogens is 267 g/mol. The third-order valence-electron chi connectivity index (χ3n) is 4.36. The van der Waals surface area contributed by atoms with E-state index >= 15 is 0 Å². The number of hydrogen-bond acceptors (Lipinski definition) is 3. The van der Waals surface area contributed by atoms with Crippen molar-refractivity contribution in [2.75, 3.05) is 46.4 Å². The van der Waals surface area contributed by atoms with E-state index in [1.54, 1.807) is 12.1 Å². The third-order valence-corrected chi connectivity index (χ3v) is 4.36. The third kappa shape index (κ3) is 5.73. The van der Waals surface area contributed by atoms with E-state index in [0.717, 1.165) is 50.6 Å². The highest BCUT2D eigenvalue weighted by atomic mass is 19.1. The van der Waals surface area contributed by atoms with Crippen LogP contribution in [-0.2, 0) is 6.42 Å². The zero-order chi connectivity index (χ0) is 15.1. The Labute approximate surface area is 127 Å². The molecule has 1 aliphatic heterocycles. The van der Waals surface area contributed by atoms with Crippen molar-refractivity contribution >= 4 is 0 Å². The summed E-state index contributed by atoms with van der Waals surface area (Å²) in [5.41, 5.74) is 1.08. The molecule has 0 aromatic heterocycles. The summed E-state index contributed by atoms with van der Waals surface area (Å²) in [5.74, 6) is 0.602. The van der Waals surface area contributed by atoms with Crippen molar-refractivity contribution in [1.29, 1.82) is 0 Å². The van der Waals surface area contributed by atoms with Gasteiger partial charge in [0.05, 0.1) is 6.61 Å². The number of aliphatic hydroxyl groups is 1. The molecule has 118 valence electrons. The maximum Gasteiger partial charge on any atom is 0.123 e. The molecule has 0 unspecified atom stereocenters. The summed E-state index contributed by atoms with van der Waals surface area (Å²) in [4.78, 5) is 4.69. The van der Waals surface area contributed by atoms with Crippen molar-refractivity contribution < 1.29 is 9.50 Å². The second-order valence-electron chi connectivity index (χ2n) is 6.15. The predicted octanol–water partition coefficient (Wildman–Crippen LogP) is 2.00. The lowest BCUT2D eigenvalue weighted by atomic mass is 9.96. The first-order valence-electron chi connectivity index (χ1n) is 7.93. The number of likely N-dealkylation sites (N-methyl/N-ethyl adjacent to an activating group) is 1. The van der Waals surface area contributed by atoms with E-state index in [4.69, 9.17) is 5.11 Å². The van der Waals surface area contributed by atoms with Gasteiger partial charge in [-0.05, 0) is 63.0 Å². The van der Waals surface area contributed by atoms with Gasteiger partial charge in [0.15, 0.2) is 0 Å². The van der Waals surface area contributed by atoms with Gasteiger partial charge in [-0.25, -0.2) is 4.39 Å². The normalized spacial score (nSPS) is 17.5. The van der Waals surface area contributed by atoms with Crippen molar-refractivity contribution in [3.63, 3.8) is 0 Å². The summed E-state index contributed by atoms with van der Waals surface area (Å²) in [5, 5.41) is 8.93. The summed E-state index contributed by atoms with van der Waals surface area (Å²) in [6.45, 7) is 5.36. The number of halogens is 1. The van der Waals surface area contributed by atoms with Crippen molar-refractivity contribution in [3.05, 3.63) is 35.6 Å². The number of benzene rings is 1. The smallest absolute Gasteiger partial charge is 0.123 e. The summed E-state index contributed by atoms with van der Waals surface area (Å²) in [6.07, 6.45) is 3.37. The molecule has 0 radical (unpaired) electrons. The molecule has 1 saturated heterocycles. The Morgan fingerprint density at radius 3 is 2.76 bits per heavy atom. The molecule has 0 atom stereocenters. The van der Waals surface area contributed by atoms with Crippen LogP contribution >= 0.6 is 0 Å². The number of likely N-dealkylation sites (tertiary alicyclic amines) is 1. The summed E-state index contributed by atoms with van der Waals surface area (Å²) < 4.78 is 13.1. The highest BCUT2D eigenvalue weighted by Crippen LogP contribution is 2.18. The molecule has 1 aromatic carbocycles. The lowest BCUT2D eigenvalue weighted by molar-refractivity contribution is 0.143. The van der Waals surface area contributed by atoms with Crippen LogP contribution in [0, 0.1) is 11.7 Å². The van der Waals surface area contributed by atoms with Gasteiger partial charge in [-0.1, -0.05) is 12.1 Å². The Morgan fingerprint density at radius 2 is 2.10 bits per heavy atom. The maximum absolute atomic E-state index is 13.1. The number of nitrogens with zero attached hydrogens (tertiary/aromatic N) is 2. The molecule has 2 rings (SSSR count). The molecule has 21 heavy (non-hydrogen) atoms. The molecule has 1 N–H and O–H groups in total. The number of rotatable bonds is 7. The number of hydrogen-bond donors (Lipinski definition) is 1. The van der Waals surface area contributed by atoms with E-state index in [9.17, 15) is 4.39 Å². The molecule has 1 heterocycles. The van der Waals surface area contributed by atoms with Crippen LogP contribution in [0.3, 0.4) is 0 Å². The van der Waals surface area contributed by atoms with Gasteiger partial charge in [-0.3, -0.25) is 0 Å². The minimum atomic E-state index is -0.141. The van der Waals surface area contributed by atoms with E-state index in [0.29, 0.717) is 0 Å². The monoisotopic (exact) mass is 294 g/mol. The van der Waals surface area contributed by atoms with Gasteiger partial charge in [0, 0.05) is 19.6 Å². The summed E-state index contributed by atoms with van der Waals surface area (Å²) >= 11 is 0. The highest BCUT2D eigenvalue weighted by Gasteiger charge is 2.19. The minimum Gasteiger partial charge on any atom is -0.395 e. The van der Waals surface area contributed by atoms with Gasteiger partial charge in [0.1, 0.15) is 5.82 Å². The van der Waals surface area contributed by atoms with Crippen molar-refractivity contribution in [1.82, 2.24) is 9.80 Å². The van der Waals surface area contributed by atoms with Crippen LogP contribution in [0.1, 0.15) is 18.4 Å². The fraction of sp³-hybridized carbons (Fsp3) is 0.647. The lowest BCUT2D eigenvalue weighted by Gasteiger charge is -2.33. The van der Waals surface area contributed by atoms with E-state index in [1.807, 2.05) is 6.07 Å². The quantitative estimate of drug-likeness (QED) is 0.833. The van der Waals surface area contributed by atoms with Gasteiger partial charge in [-0.2, -0.15) is 0 Å². The molecule has 4 heteroatoms. The molecule has 3 nitrogen and oxygen atoms in total. The summed E-state index contributed by atoms with van der Waals surface area (Å²) in [6, 6.07) is 6.92. The number of piperidine rings is 1. The average Bonchev–Trinajstić information content (AvgIpc) is 2.47. The first-order valence-corrected chi connectivity index (χ1v) is 7.93. The second kappa shape index (κ2) is 8.47. The largest absolute Gasteiger partial charge is 0.395 e. The van der Waals surface area contributed by atoms with Crippen LogP contribution in [0.15, 0.2) is 24.3 Å². The Hall–Kier alpha value is -0.970. The van der Waals surface area contributed by atoms with Gasteiger partial charge >= 0.3 is 0 Å². The van der Waals surface area contributed by atoms with Crippen LogP contribution in [0.5, 0.6) is 0 Å². The van der Waals surface area contributed by atoms with Crippen LogP contribution in [-0.4, -0.2) is 61.3 Å². The Balaban J connectivity index is 1.67. The van der Waals surface area contributed by atoms with Gasteiger partial charge in [0.2, 0.25) is 0 Å². The standard InChI is InChI=1S/C17H27FN2O/c1-19(11-12-21)14-16-6-9-20(10-7-16)8-5-15-3-2-4-17(18)13-15/h2-4,13,16,21H,5-12,14H2,1H3. The molecule has 1 fully saturated rings. The average molecular weight is 294 g/mol. The molecule has 0 saturated carbocycles. The van der Waals surface area contributed by atoms with Crippen molar-refractivity contribution in [3.8, 4) is 0 Å². The van der Waals surface area contributed by atoms with Crippen molar-refractivity contribution in [2.24, 2.45) is 5.92 Å². The fourth-order valence-electron chi connectivity index (χ4n) is 3.08. The van der Waals surface area contributed by atoms with E-state index in [2.05, 4.69) is 16.8 Å². The van der Waals surface area contributed by atoms with Crippen LogP contribution in [0.2, 0.25) is 0 Å². The Bertz CT molecular complexity index is 419. The van der Waals surface area contributed by atoms with Crippen LogP contribution in [0.25, 0.3) is 0 Å². The van der Waals surface area contributed by atoms with Gasteiger partial charge in [0.25, 0.3) is 0 Å². The molecule has 0 amide bonds. The van der Waals surface area contributed by atoms with E-state index in [1.165, 1.54) is 18.9 Å². The zero-order valence-electron chi connectivity index (χ0n) is 13.0. The lowest BCUT2D eigenvalue weighted by Crippen LogP contribution is -2.39. The van der Waals surface area contributed by atoms with Crippen LogP contribution < -0.4 is 0 Å².